The largest absolute Gasteiger partial charge is 0.481 e. The number of urea groups is 1. The Morgan fingerprint density at radius 2 is 1.68 bits per heavy atom. The minimum absolute atomic E-state index is 0.0676. The highest BCUT2D eigenvalue weighted by molar-refractivity contribution is 6.03. The van der Waals surface area contributed by atoms with E-state index in [0.717, 1.165) is 38.5 Å². The zero-order chi connectivity index (χ0) is 21.4. The van der Waals surface area contributed by atoms with Crippen molar-refractivity contribution in [2.24, 2.45) is 5.41 Å². The van der Waals surface area contributed by atoms with Gasteiger partial charge in [-0.1, -0.05) is 26.8 Å². The predicted molar refractivity (Wildman–Crippen MR) is 108 cm³/mol. The quantitative estimate of drug-likeness (QED) is 0.354. The van der Waals surface area contributed by atoms with Crippen molar-refractivity contribution in [3.05, 3.63) is 12.8 Å². The maximum Gasteiger partial charge on any atom is 0.331 e. The van der Waals surface area contributed by atoms with E-state index in [1.807, 2.05) is 27.7 Å². The molecule has 160 valence electrons. The Kier molecular flexibility index (Phi) is 9.14. The Labute approximate surface area is 168 Å². The van der Waals surface area contributed by atoms with Gasteiger partial charge in [-0.2, -0.15) is 0 Å². The maximum absolute atomic E-state index is 12.3. The second kappa shape index (κ2) is 10.6. The van der Waals surface area contributed by atoms with Crippen LogP contribution in [0.15, 0.2) is 12.8 Å². The highest BCUT2D eigenvalue weighted by Gasteiger charge is 2.43. The van der Waals surface area contributed by atoms with Gasteiger partial charge in [-0.25, -0.2) is 4.79 Å². The molecule has 0 aromatic rings. The summed E-state index contributed by atoms with van der Waals surface area (Å²) in [7, 11) is 0. The first-order valence-corrected chi connectivity index (χ1v) is 10.1. The summed E-state index contributed by atoms with van der Waals surface area (Å²) in [5.74, 6) is -0.935. The predicted octanol–water partition coefficient (Wildman–Crippen LogP) is 4.03. The number of carboxylic acids is 1. The summed E-state index contributed by atoms with van der Waals surface area (Å²) in [6.07, 6.45) is 6.79. The molecule has 0 aliphatic carbocycles. The molecule has 1 saturated heterocycles. The van der Waals surface area contributed by atoms with E-state index in [-0.39, 0.29) is 30.3 Å². The number of carboxylic acid groups (broad SMARTS) is 1. The standard InChI is InChI=1S/C21H36N2O5/c1-6-22-16-17(24)23(19(22)27)21(4,5)12-8-10-14-28-13-9-7-11-20(2,3)15-18(25)26/h6H,1,7-16H2,2-5H3,(H,25,26). The molecule has 1 fully saturated rings. The lowest BCUT2D eigenvalue weighted by molar-refractivity contribution is -0.139. The Hall–Kier alpha value is -1.89. The summed E-state index contributed by atoms with van der Waals surface area (Å²) in [5, 5.41) is 8.88. The summed E-state index contributed by atoms with van der Waals surface area (Å²) in [5.41, 5.74) is -0.704. The van der Waals surface area contributed by atoms with Gasteiger partial charge >= 0.3 is 12.0 Å². The molecule has 0 atom stereocenters. The van der Waals surface area contributed by atoms with Gasteiger partial charge in [0.15, 0.2) is 0 Å². The molecule has 0 bridgehead atoms. The van der Waals surface area contributed by atoms with Gasteiger partial charge in [0, 0.05) is 25.0 Å². The van der Waals surface area contributed by atoms with E-state index in [9.17, 15) is 14.4 Å². The molecule has 7 nitrogen and oxygen atoms in total. The van der Waals surface area contributed by atoms with Crippen LogP contribution in [0, 0.1) is 5.41 Å². The number of imide groups is 1. The summed E-state index contributed by atoms with van der Waals surface area (Å²) < 4.78 is 5.66. The average Bonchev–Trinajstić information content (AvgIpc) is 2.86. The molecule has 1 aliphatic heterocycles. The molecule has 0 radical (unpaired) electrons. The van der Waals surface area contributed by atoms with Crippen LogP contribution in [0.5, 0.6) is 0 Å². The molecule has 1 rings (SSSR count). The molecule has 0 aromatic carbocycles. The number of unbranched alkanes of at least 4 members (excludes halogenated alkanes) is 2. The molecule has 0 saturated carbocycles. The van der Waals surface area contributed by atoms with Crippen molar-refractivity contribution >= 4 is 17.9 Å². The third-order valence-corrected chi connectivity index (χ3v) is 5.17. The van der Waals surface area contributed by atoms with Crippen LogP contribution in [0.25, 0.3) is 0 Å². The third-order valence-electron chi connectivity index (χ3n) is 5.17. The maximum atomic E-state index is 12.3. The van der Waals surface area contributed by atoms with Crippen LogP contribution < -0.4 is 0 Å². The van der Waals surface area contributed by atoms with E-state index in [4.69, 9.17) is 9.84 Å². The fourth-order valence-corrected chi connectivity index (χ4v) is 3.54. The Bertz CT molecular complexity index is 571. The fourth-order valence-electron chi connectivity index (χ4n) is 3.54. The Morgan fingerprint density at radius 1 is 1.11 bits per heavy atom. The summed E-state index contributed by atoms with van der Waals surface area (Å²) in [6.45, 7) is 12.7. The lowest BCUT2D eigenvalue weighted by Crippen LogP contribution is -2.48. The van der Waals surface area contributed by atoms with Gasteiger partial charge in [0.05, 0.1) is 6.42 Å². The molecule has 28 heavy (non-hydrogen) atoms. The van der Waals surface area contributed by atoms with Gasteiger partial charge in [0.1, 0.15) is 6.54 Å². The number of hydrogen-bond acceptors (Lipinski definition) is 4. The number of carbonyl (C=O) groups is 3. The Morgan fingerprint density at radius 3 is 2.18 bits per heavy atom. The Balaban J connectivity index is 2.17. The van der Waals surface area contributed by atoms with Gasteiger partial charge < -0.3 is 9.84 Å². The third kappa shape index (κ3) is 7.62. The SMILES string of the molecule is C=CN1CC(=O)N(C(C)(C)CCCCOCCCCC(C)(C)CC(=O)O)C1=O. The van der Waals surface area contributed by atoms with E-state index in [0.29, 0.717) is 13.2 Å². The van der Waals surface area contributed by atoms with E-state index in [1.54, 1.807) is 0 Å². The summed E-state index contributed by atoms with van der Waals surface area (Å²) >= 11 is 0. The van der Waals surface area contributed by atoms with Crippen molar-refractivity contribution in [1.29, 1.82) is 0 Å². The zero-order valence-corrected chi connectivity index (χ0v) is 17.8. The lowest BCUT2D eigenvalue weighted by atomic mass is 9.84. The smallest absolute Gasteiger partial charge is 0.331 e. The fraction of sp³-hybridized carbons (Fsp3) is 0.762. The number of nitrogens with zero attached hydrogens (tertiary/aromatic N) is 2. The highest BCUT2D eigenvalue weighted by Crippen LogP contribution is 2.28. The summed E-state index contributed by atoms with van der Waals surface area (Å²) in [4.78, 5) is 37.9. The number of amides is 3. The molecule has 1 aliphatic rings. The first-order valence-electron chi connectivity index (χ1n) is 10.1. The molecule has 7 heteroatoms. The van der Waals surface area contributed by atoms with Crippen molar-refractivity contribution in [3.8, 4) is 0 Å². The minimum atomic E-state index is -0.751. The normalized spacial score (nSPS) is 15.4. The van der Waals surface area contributed by atoms with Crippen LogP contribution in [-0.2, 0) is 14.3 Å². The van der Waals surface area contributed by atoms with Crippen LogP contribution in [0.2, 0.25) is 0 Å². The first kappa shape index (κ1) is 24.1. The summed E-state index contributed by atoms with van der Waals surface area (Å²) in [6, 6.07) is -0.299. The second-order valence-corrected chi connectivity index (χ2v) is 8.90. The van der Waals surface area contributed by atoms with E-state index < -0.39 is 11.5 Å². The van der Waals surface area contributed by atoms with Crippen molar-refractivity contribution in [2.75, 3.05) is 19.8 Å². The lowest BCUT2D eigenvalue weighted by Gasteiger charge is -2.33. The number of aliphatic carboxylic acids is 1. The van der Waals surface area contributed by atoms with Crippen LogP contribution in [-0.4, -0.2) is 58.1 Å². The van der Waals surface area contributed by atoms with Gasteiger partial charge in [-0.15, -0.1) is 0 Å². The monoisotopic (exact) mass is 396 g/mol. The molecule has 0 aromatic heterocycles. The van der Waals surface area contributed by atoms with Crippen LogP contribution in [0.4, 0.5) is 4.79 Å². The topological polar surface area (TPSA) is 87.2 Å². The van der Waals surface area contributed by atoms with Crippen LogP contribution >= 0.6 is 0 Å². The molecule has 1 N–H and O–H groups in total. The average molecular weight is 397 g/mol. The number of carbonyl (C=O) groups excluding carboxylic acids is 2. The molecule has 1 heterocycles. The molecule has 3 amide bonds. The number of ether oxygens (including phenoxy) is 1. The van der Waals surface area contributed by atoms with E-state index in [1.165, 1.54) is 16.0 Å². The van der Waals surface area contributed by atoms with Gasteiger partial charge in [-0.3, -0.25) is 19.4 Å². The van der Waals surface area contributed by atoms with Crippen LogP contribution in [0.1, 0.15) is 72.6 Å². The van der Waals surface area contributed by atoms with E-state index in [2.05, 4.69) is 6.58 Å². The van der Waals surface area contributed by atoms with Crippen molar-refractivity contribution in [3.63, 3.8) is 0 Å². The van der Waals surface area contributed by atoms with E-state index >= 15 is 0 Å². The van der Waals surface area contributed by atoms with Crippen molar-refractivity contribution in [1.82, 2.24) is 9.80 Å². The zero-order valence-electron chi connectivity index (χ0n) is 17.8. The van der Waals surface area contributed by atoms with Gasteiger partial charge in [-0.05, 0) is 51.4 Å². The molecular weight excluding hydrogens is 360 g/mol. The highest BCUT2D eigenvalue weighted by atomic mass is 16.5. The van der Waals surface area contributed by atoms with Gasteiger partial charge in [0.2, 0.25) is 0 Å². The number of hydrogen-bond donors (Lipinski definition) is 1. The van der Waals surface area contributed by atoms with Crippen molar-refractivity contribution < 1.29 is 24.2 Å². The minimum Gasteiger partial charge on any atom is -0.481 e. The van der Waals surface area contributed by atoms with Gasteiger partial charge in [0.25, 0.3) is 5.91 Å². The number of rotatable bonds is 14. The molecule has 0 spiro atoms. The second-order valence-electron chi connectivity index (χ2n) is 8.90. The molecule has 0 unspecified atom stereocenters. The molecular formula is C21H36N2O5. The van der Waals surface area contributed by atoms with Crippen LogP contribution in [0.3, 0.4) is 0 Å². The first-order chi connectivity index (χ1) is 13.0. The van der Waals surface area contributed by atoms with Crippen molar-refractivity contribution in [2.45, 2.75) is 78.2 Å².